The van der Waals surface area contributed by atoms with Gasteiger partial charge in [0.25, 0.3) is 5.91 Å². The first-order chi connectivity index (χ1) is 9.02. The van der Waals surface area contributed by atoms with Gasteiger partial charge in [0.15, 0.2) is 0 Å². The number of carboxylic acid groups (broad SMARTS) is 1. The van der Waals surface area contributed by atoms with E-state index in [1.54, 1.807) is 24.3 Å². The minimum absolute atomic E-state index is 0.0981. The lowest BCUT2D eigenvalue weighted by molar-refractivity contribution is -0.144. The number of halogens is 1. The van der Waals surface area contributed by atoms with Crippen LogP contribution in [0.25, 0.3) is 0 Å². The third-order valence-electron chi connectivity index (χ3n) is 2.16. The van der Waals surface area contributed by atoms with Crippen LogP contribution in [0, 0.1) is 0 Å². The molecule has 1 aromatic rings. The van der Waals surface area contributed by atoms with E-state index in [2.05, 4.69) is 11.9 Å². The zero-order chi connectivity index (χ0) is 14.3. The highest BCUT2D eigenvalue weighted by atomic mass is 35.5. The Hall–Kier alpha value is -1.85. The molecule has 6 heteroatoms. The van der Waals surface area contributed by atoms with Crippen molar-refractivity contribution in [2.24, 2.45) is 0 Å². The van der Waals surface area contributed by atoms with Crippen LogP contribution in [0.5, 0.6) is 0 Å². The number of nitrogens with one attached hydrogen (secondary N) is 1. The largest absolute Gasteiger partial charge is 0.481 e. The van der Waals surface area contributed by atoms with E-state index in [1.165, 1.54) is 6.08 Å². The molecule has 0 aliphatic heterocycles. The molecule has 0 spiro atoms. The second-order valence-corrected chi connectivity index (χ2v) is 4.14. The molecular formula is C13H14ClNO4. The van der Waals surface area contributed by atoms with Crippen LogP contribution in [0.15, 0.2) is 36.9 Å². The summed E-state index contributed by atoms with van der Waals surface area (Å²) in [5.41, 5.74) is 0.482. The van der Waals surface area contributed by atoms with Gasteiger partial charge in [0.05, 0.1) is 13.0 Å². The maximum Gasteiger partial charge on any atom is 0.306 e. The van der Waals surface area contributed by atoms with Gasteiger partial charge in [0.2, 0.25) is 0 Å². The van der Waals surface area contributed by atoms with Crippen molar-refractivity contribution in [3.05, 3.63) is 41.9 Å². The number of rotatable bonds is 7. The van der Waals surface area contributed by atoms with E-state index in [1.807, 2.05) is 0 Å². The smallest absolute Gasteiger partial charge is 0.306 e. The molecule has 2 N–H and O–H groups in total. The van der Waals surface area contributed by atoms with E-state index in [4.69, 9.17) is 21.4 Å². The molecule has 1 aromatic carbocycles. The van der Waals surface area contributed by atoms with Crippen LogP contribution < -0.4 is 5.32 Å². The quantitative estimate of drug-likeness (QED) is 0.753. The summed E-state index contributed by atoms with van der Waals surface area (Å²) < 4.78 is 5.12. The third-order valence-corrected chi connectivity index (χ3v) is 2.39. The van der Waals surface area contributed by atoms with Gasteiger partial charge in [-0.25, -0.2) is 0 Å². The SMILES string of the molecule is C=CCOC(CC(=O)O)C(=O)Nc1cccc(Cl)c1. The molecule has 0 aromatic heterocycles. The number of carbonyl (C=O) groups is 2. The molecule has 0 radical (unpaired) electrons. The average molecular weight is 284 g/mol. The fourth-order valence-corrected chi connectivity index (χ4v) is 1.55. The molecule has 102 valence electrons. The summed E-state index contributed by atoms with van der Waals surface area (Å²) in [5.74, 6) is -1.65. The van der Waals surface area contributed by atoms with Gasteiger partial charge in [-0.2, -0.15) is 0 Å². The number of carboxylic acids is 1. The highest BCUT2D eigenvalue weighted by Gasteiger charge is 2.22. The van der Waals surface area contributed by atoms with Crippen LogP contribution in [-0.4, -0.2) is 29.7 Å². The molecule has 0 aliphatic rings. The van der Waals surface area contributed by atoms with Crippen molar-refractivity contribution in [3.8, 4) is 0 Å². The van der Waals surface area contributed by atoms with Crippen molar-refractivity contribution in [1.29, 1.82) is 0 Å². The van der Waals surface area contributed by atoms with E-state index in [-0.39, 0.29) is 6.61 Å². The van der Waals surface area contributed by atoms with Crippen molar-refractivity contribution in [1.82, 2.24) is 0 Å². The second-order valence-electron chi connectivity index (χ2n) is 3.71. The number of carbonyl (C=O) groups excluding carboxylic acids is 1. The van der Waals surface area contributed by atoms with Crippen molar-refractivity contribution < 1.29 is 19.4 Å². The second kappa shape index (κ2) is 7.56. The third kappa shape index (κ3) is 5.54. The van der Waals surface area contributed by atoms with Crippen LogP contribution in [0.2, 0.25) is 5.02 Å². The molecule has 1 rings (SSSR count). The van der Waals surface area contributed by atoms with Gasteiger partial charge in [0.1, 0.15) is 6.10 Å². The van der Waals surface area contributed by atoms with E-state index in [9.17, 15) is 9.59 Å². The molecule has 1 unspecified atom stereocenters. The number of hydrogen-bond acceptors (Lipinski definition) is 3. The fourth-order valence-electron chi connectivity index (χ4n) is 1.36. The van der Waals surface area contributed by atoms with E-state index < -0.39 is 24.4 Å². The van der Waals surface area contributed by atoms with Crippen LogP contribution in [0.1, 0.15) is 6.42 Å². The minimum Gasteiger partial charge on any atom is -0.481 e. The first-order valence-electron chi connectivity index (χ1n) is 5.53. The summed E-state index contributed by atoms with van der Waals surface area (Å²) in [6.07, 6.45) is -0.0450. The highest BCUT2D eigenvalue weighted by Crippen LogP contribution is 2.15. The summed E-state index contributed by atoms with van der Waals surface area (Å²) in [7, 11) is 0. The molecule has 0 bridgehead atoms. The predicted octanol–water partition coefficient (Wildman–Crippen LogP) is 2.32. The summed E-state index contributed by atoms with van der Waals surface area (Å²) in [6.45, 7) is 3.54. The molecule has 0 fully saturated rings. The zero-order valence-corrected chi connectivity index (χ0v) is 10.9. The summed E-state index contributed by atoms with van der Waals surface area (Å²) in [5, 5.41) is 11.8. The van der Waals surface area contributed by atoms with Gasteiger partial charge >= 0.3 is 5.97 Å². The van der Waals surface area contributed by atoms with E-state index >= 15 is 0 Å². The topological polar surface area (TPSA) is 75.6 Å². The summed E-state index contributed by atoms with van der Waals surface area (Å²) in [6, 6.07) is 6.55. The Morgan fingerprint density at radius 2 is 2.26 bits per heavy atom. The Kier molecular flexibility index (Phi) is 6.05. The molecular weight excluding hydrogens is 270 g/mol. The molecule has 1 amide bonds. The Morgan fingerprint density at radius 1 is 1.53 bits per heavy atom. The lowest BCUT2D eigenvalue weighted by Crippen LogP contribution is -2.32. The summed E-state index contributed by atoms with van der Waals surface area (Å²) >= 11 is 5.79. The number of anilines is 1. The van der Waals surface area contributed by atoms with Crippen molar-refractivity contribution in [3.63, 3.8) is 0 Å². The Balaban J connectivity index is 2.70. The summed E-state index contributed by atoms with van der Waals surface area (Å²) in [4.78, 5) is 22.6. The van der Waals surface area contributed by atoms with Gasteiger partial charge < -0.3 is 15.2 Å². The zero-order valence-electron chi connectivity index (χ0n) is 10.1. The molecule has 0 aliphatic carbocycles. The predicted molar refractivity (Wildman–Crippen MR) is 72.3 cm³/mol. The van der Waals surface area contributed by atoms with Gasteiger partial charge in [-0.15, -0.1) is 6.58 Å². The lowest BCUT2D eigenvalue weighted by Gasteiger charge is -2.15. The van der Waals surface area contributed by atoms with Gasteiger partial charge in [-0.1, -0.05) is 23.7 Å². The molecule has 0 saturated heterocycles. The van der Waals surface area contributed by atoms with Gasteiger partial charge in [-0.3, -0.25) is 9.59 Å². The standard InChI is InChI=1S/C13H14ClNO4/c1-2-6-19-11(8-12(16)17)13(18)15-10-5-3-4-9(14)7-10/h2-5,7,11H,1,6,8H2,(H,15,18)(H,16,17). The number of hydrogen-bond donors (Lipinski definition) is 2. The minimum atomic E-state index is -1.12. The van der Waals surface area contributed by atoms with E-state index in [0.717, 1.165) is 0 Å². The monoisotopic (exact) mass is 283 g/mol. The van der Waals surface area contributed by atoms with Crippen molar-refractivity contribution in [2.45, 2.75) is 12.5 Å². The van der Waals surface area contributed by atoms with Gasteiger partial charge in [-0.05, 0) is 18.2 Å². The highest BCUT2D eigenvalue weighted by molar-refractivity contribution is 6.30. The lowest BCUT2D eigenvalue weighted by atomic mass is 10.2. The maximum absolute atomic E-state index is 11.9. The maximum atomic E-state index is 11.9. The van der Waals surface area contributed by atoms with Crippen molar-refractivity contribution in [2.75, 3.05) is 11.9 Å². The Labute approximate surface area is 115 Å². The number of benzene rings is 1. The first-order valence-corrected chi connectivity index (χ1v) is 5.91. The molecule has 5 nitrogen and oxygen atoms in total. The van der Waals surface area contributed by atoms with Crippen LogP contribution in [0.3, 0.4) is 0 Å². The molecule has 0 saturated carbocycles. The van der Waals surface area contributed by atoms with Gasteiger partial charge in [0, 0.05) is 10.7 Å². The molecule has 1 atom stereocenters. The van der Waals surface area contributed by atoms with Crippen LogP contribution >= 0.6 is 11.6 Å². The number of amides is 1. The fraction of sp³-hybridized carbons (Fsp3) is 0.231. The van der Waals surface area contributed by atoms with Crippen molar-refractivity contribution >= 4 is 29.2 Å². The van der Waals surface area contributed by atoms with E-state index in [0.29, 0.717) is 10.7 Å². The van der Waals surface area contributed by atoms with Crippen LogP contribution in [0.4, 0.5) is 5.69 Å². The first kappa shape index (κ1) is 15.2. The Morgan fingerprint density at radius 3 is 2.84 bits per heavy atom. The molecule has 0 heterocycles. The van der Waals surface area contributed by atoms with Crippen LogP contribution in [-0.2, 0) is 14.3 Å². The number of aliphatic carboxylic acids is 1. The average Bonchev–Trinajstić information content (AvgIpc) is 2.34. The normalized spacial score (nSPS) is 11.6. The number of ether oxygens (including phenoxy) is 1. The molecule has 19 heavy (non-hydrogen) atoms. The Bertz CT molecular complexity index is 475.